The van der Waals surface area contributed by atoms with Crippen molar-refractivity contribution in [3.63, 3.8) is 0 Å². The zero-order chi connectivity index (χ0) is 27.6. The van der Waals surface area contributed by atoms with Crippen molar-refractivity contribution in [2.24, 2.45) is 5.92 Å². The minimum atomic E-state index is -1.40. The van der Waals surface area contributed by atoms with E-state index in [-0.39, 0.29) is 23.0 Å². The second-order valence-electron chi connectivity index (χ2n) is 10.6. The summed E-state index contributed by atoms with van der Waals surface area (Å²) >= 11 is 0. The summed E-state index contributed by atoms with van der Waals surface area (Å²) in [6.45, 7) is 1.99. The van der Waals surface area contributed by atoms with E-state index in [4.69, 9.17) is 0 Å². The maximum absolute atomic E-state index is 14.7. The quantitative estimate of drug-likeness (QED) is 0.327. The summed E-state index contributed by atoms with van der Waals surface area (Å²) in [6, 6.07) is 27.8. The monoisotopic (exact) mass is 528 g/mol. The predicted molar refractivity (Wildman–Crippen MR) is 152 cm³/mol. The standard InChI is InChI=1S/C34H25FN2O3/c1-20-19-28-34(25-12-6-7-13-26(25)36-33(34)40)29(31(38)22-15-17-23(35)18-16-22)30(32(39)21-9-3-2-4-10-21)37(28)27-14-8-5-11-24(20)27/h2-19,28-30H,1H3,(H,36,40)/t28-,29-,30+,34+/m0/s1. The fourth-order valence-corrected chi connectivity index (χ4v) is 6.95. The first kappa shape index (κ1) is 24.2. The third kappa shape index (κ3) is 3.22. The van der Waals surface area contributed by atoms with Gasteiger partial charge in [-0.15, -0.1) is 0 Å². The molecule has 4 atom stereocenters. The molecule has 3 aliphatic heterocycles. The van der Waals surface area contributed by atoms with Crippen molar-refractivity contribution in [2.75, 3.05) is 10.2 Å². The summed E-state index contributed by atoms with van der Waals surface area (Å²) in [5, 5.41) is 3.03. The second-order valence-corrected chi connectivity index (χ2v) is 10.6. The predicted octanol–water partition coefficient (Wildman–Crippen LogP) is 6.07. The molecule has 1 amide bonds. The Morgan fingerprint density at radius 2 is 1.45 bits per heavy atom. The van der Waals surface area contributed by atoms with Gasteiger partial charge in [-0.25, -0.2) is 4.39 Å². The van der Waals surface area contributed by atoms with Gasteiger partial charge in [0.25, 0.3) is 0 Å². The van der Waals surface area contributed by atoms with Crippen LogP contribution in [0.3, 0.4) is 0 Å². The zero-order valence-corrected chi connectivity index (χ0v) is 21.7. The van der Waals surface area contributed by atoms with Crippen molar-refractivity contribution in [3.8, 4) is 0 Å². The van der Waals surface area contributed by atoms with Crippen LogP contribution in [-0.2, 0) is 10.2 Å². The highest BCUT2D eigenvalue weighted by Gasteiger charge is 2.70. The Morgan fingerprint density at radius 1 is 0.800 bits per heavy atom. The topological polar surface area (TPSA) is 66.5 Å². The van der Waals surface area contributed by atoms with Gasteiger partial charge < -0.3 is 10.2 Å². The lowest BCUT2D eigenvalue weighted by Crippen LogP contribution is -2.51. The van der Waals surface area contributed by atoms with E-state index in [2.05, 4.69) is 5.32 Å². The number of carbonyl (C=O) groups excluding carboxylic acids is 3. The number of benzene rings is 4. The lowest BCUT2D eigenvalue weighted by atomic mass is 9.64. The van der Waals surface area contributed by atoms with Crippen LogP contribution in [-0.4, -0.2) is 29.6 Å². The lowest BCUT2D eigenvalue weighted by molar-refractivity contribution is -0.121. The maximum atomic E-state index is 14.7. The summed E-state index contributed by atoms with van der Waals surface area (Å²) in [5.41, 5.74) is 3.33. The van der Waals surface area contributed by atoms with Crippen molar-refractivity contribution < 1.29 is 18.8 Å². The number of hydrogen-bond donors (Lipinski definition) is 1. The Balaban J connectivity index is 1.56. The van der Waals surface area contributed by atoms with Gasteiger partial charge in [-0.05, 0) is 54.5 Å². The Morgan fingerprint density at radius 3 is 2.23 bits per heavy atom. The maximum Gasteiger partial charge on any atom is 0.238 e. The van der Waals surface area contributed by atoms with E-state index in [0.717, 1.165) is 16.8 Å². The summed E-state index contributed by atoms with van der Waals surface area (Å²) < 4.78 is 13.9. The number of allylic oxidation sites excluding steroid dienone is 1. The molecular formula is C34H25FN2O3. The fraction of sp³-hybridized carbons (Fsp3) is 0.147. The number of Topliss-reactive ketones (excluding diaryl/α,β-unsaturated/α-hetero) is 2. The number of anilines is 2. The highest BCUT2D eigenvalue weighted by atomic mass is 19.1. The van der Waals surface area contributed by atoms with Crippen molar-refractivity contribution in [3.05, 3.63) is 137 Å². The number of carbonyl (C=O) groups is 3. The van der Waals surface area contributed by atoms with Gasteiger partial charge in [0.15, 0.2) is 11.6 Å². The highest BCUT2D eigenvalue weighted by molar-refractivity contribution is 6.18. The lowest BCUT2D eigenvalue weighted by Gasteiger charge is -2.39. The van der Waals surface area contributed by atoms with Gasteiger partial charge >= 0.3 is 0 Å². The molecule has 40 heavy (non-hydrogen) atoms. The molecule has 1 saturated heterocycles. The number of nitrogens with zero attached hydrogens (tertiary/aromatic N) is 1. The van der Waals surface area contributed by atoms with Gasteiger partial charge in [-0.2, -0.15) is 0 Å². The van der Waals surface area contributed by atoms with Crippen molar-refractivity contribution in [1.29, 1.82) is 0 Å². The summed E-state index contributed by atoms with van der Waals surface area (Å²) in [5.74, 6) is -2.50. The molecule has 3 aliphatic rings. The third-order valence-electron chi connectivity index (χ3n) is 8.62. The van der Waals surface area contributed by atoms with Crippen molar-refractivity contribution in [2.45, 2.75) is 24.4 Å². The molecule has 0 radical (unpaired) electrons. The Bertz CT molecular complexity index is 1730. The van der Waals surface area contributed by atoms with Crippen molar-refractivity contribution >= 4 is 34.4 Å². The average Bonchev–Trinajstić information content (AvgIpc) is 3.45. The highest BCUT2D eigenvalue weighted by Crippen LogP contribution is 2.58. The number of hydrogen-bond acceptors (Lipinski definition) is 4. The molecule has 6 heteroatoms. The van der Waals surface area contributed by atoms with Crippen LogP contribution in [0.2, 0.25) is 0 Å². The molecule has 196 valence electrons. The number of nitrogens with one attached hydrogen (secondary N) is 1. The van der Waals surface area contributed by atoms with E-state index in [0.29, 0.717) is 16.8 Å². The van der Waals surface area contributed by atoms with Crippen LogP contribution in [0.5, 0.6) is 0 Å². The molecule has 0 aliphatic carbocycles. The molecule has 1 fully saturated rings. The Kier molecular flexibility index (Phi) is 5.36. The molecule has 1 spiro atoms. The molecule has 4 aromatic carbocycles. The molecule has 5 nitrogen and oxygen atoms in total. The van der Waals surface area contributed by atoms with Crippen LogP contribution in [0.15, 0.2) is 109 Å². The van der Waals surface area contributed by atoms with E-state index in [1.54, 1.807) is 24.3 Å². The minimum Gasteiger partial charge on any atom is -0.352 e. The SMILES string of the molecule is CC1=C[C@@H]2N(c3ccccc31)[C@@H](C(=O)c1ccccc1)[C@@H](C(=O)c1ccc(F)cc1)[C@]21C(=O)Nc2ccccc21. The average molecular weight is 529 g/mol. The summed E-state index contributed by atoms with van der Waals surface area (Å²) in [4.78, 5) is 45.5. The first-order valence-electron chi connectivity index (χ1n) is 13.3. The zero-order valence-electron chi connectivity index (χ0n) is 21.7. The van der Waals surface area contributed by atoms with Crippen LogP contribution < -0.4 is 10.2 Å². The molecule has 7 rings (SSSR count). The number of halogens is 1. The normalized spacial score (nSPS) is 24.1. The Labute approximate surface area is 231 Å². The van der Waals surface area contributed by atoms with E-state index in [9.17, 15) is 18.8 Å². The number of ketones is 2. The van der Waals surface area contributed by atoms with E-state index in [1.807, 2.05) is 72.5 Å². The van der Waals surface area contributed by atoms with E-state index < -0.39 is 29.2 Å². The van der Waals surface area contributed by atoms with E-state index >= 15 is 0 Å². The first-order chi connectivity index (χ1) is 19.4. The van der Waals surface area contributed by atoms with Crippen LogP contribution in [0.25, 0.3) is 5.57 Å². The van der Waals surface area contributed by atoms with Gasteiger partial charge in [-0.1, -0.05) is 72.8 Å². The largest absolute Gasteiger partial charge is 0.352 e. The molecule has 0 unspecified atom stereocenters. The van der Waals surface area contributed by atoms with Crippen molar-refractivity contribution in [1.82, 2.24) is 0 Å². The molecule has 0 bridgehead atoms. The molecule has 0 aromatic heterocycles. The Hall–Kier alpha value is -4.84. The van der Waals surface area contributed by atoms with E-state index in [1.165, 1.54) is 24.3 Å². The summed E-state index contributed by atoms with van der Waals surface area (Å²) in [7, 11) is 0. The smallest absolute Gasteiger partial charge is 0.238 e. The van der Waals surface area contributed by atoms with Gasteiger partial charge in [-0.3, -0.25) is 14.4 Å². The minimum absolute atomic E-state index is 0.247. The van der Waals surface area contributed by atoms with Gasteiger partial charge in [0.1, 0.15) is 17.3 Å². The molecular weight excluding hydrogens is 503 g/mol. The van der Waals surface area contributed by atoms with Crippen LogP contribution >= 0.6 is 0 Å². The third-order valence-corrected chi connectivity index (χ3v) is 8.62. The van der Waals surface area contributed by atoms with Crippen LogP contribution in [0.4, 0.5) is 15.8 Å². The fourth-order valence-electron chi connectivity index (χ4n) is 6.95. The molecule has 1 N–H and O–H groups in total. The number of fused-ring (bicyclic) bond motifs is 6. The second kappa shape index (κ2) is 8.85. The van der Waals surface area contributed by atoms with Gasteiger partial charge in [0.2, 0.25) is 5.91 Å². The van der Waals surface area contributed by atoms with Gasteiger partial charge in [0, 0.05) is 28.1 Å². The molecule has 3 heterocycles. The van der Waals surface area contributed by atoms with Crippen LogP contribution in [0.1, 0.15) is 38.8 Å². The number of amides is 1. The van der Waals surface area contributed by atoms with Crippen LogP contribution in [0, 0.1) is 11.7 Å². The molecule has 4 aromatic rings. The number of rotatable bonds is 4. The molecule has 0 saturated carbocycles. The summed E-state index contributed by atoms with van der Waals surface area (Å²) in [6.07, 6.45) is 2.02. The first-order valence-corrected chi connectivity index (χ1v) is 13.3. The number of para-hydroxylation sites is 2. The van der Waals surface area contributed by atoms with Gasteiger partial charge in [0.05, 0.1) is 12.0 Å².